The highest BCUT2D eigenvalue weighted by atomic mass is 16.5. The van der Waals surface area contributed by atoms with Gasteiger partial charge >= 0.3 is 0 Å². The normalized spacial score (nSPS) is 16.5. The minimum atomic E-state index is 0.716. The SMILES string of the molecule is C=CO/C(=C\C)C1=CC=NC1. The Hall–Kier alpha value is -1.31. The maximum Gasteiger partial charge on any atom is 0.127 e. The Labute approximate surface area is 66.6 Å². The molecule has 0 bridgehead atoms. The second-order valence-corrected chi connectivity index (χ2v) is 2.12. The Morgan fingerprint density at radius 2 is 2.64 bits per heavy atom. The van der Waals surface area contributed by atoms with Crippen LogP contribution in [0.1, 0.15) is 6.92 Å². The summed E-state index contributed by atoms with van der Waals surface area (Å²) in [6, 6.07) is 0. The lowest BCUT2D eigenvalue weighted by molar-refractivity contribution is 0.361. The highest BCUT2D eigenvalue weighted by Crippen LogP contribution is 2.14. The van der Waals surface area contributed by atoms with Crippen molar-refractivity contribution in [1.29, 1.82) is 0 Å². The number of aliphatic imine (C=N–C) groups is 1. The maximum absolute atomic E-state index is 5.15. The molecule has 2 nitrogen and oxygen atoms in total. The fraction of sp³-hybridized carbons (Fsp3) is 0.222. The van der Waals surface area contributed by atoms with E-state index in [0.29, 0.717) is 6.54 Å². The van der Waals surface area contributed by atoms with E-state index in [2.05, 4.69) is 11.6 Å². The van der Waals surface area contributed by atoms with E-state index in [1.54, 1.807) is 6.21 Å². The summed E-state index contributed by atoms with van der Waals surface area (Å²) in [5.74, 6) is 0.845. The molecule has 58 valence electrons. The first-order valence-corrected chi connectivity index (χ1v) is 3.51. The van der Waals surface area contributed by atoms with Gasteiger partial charge in [0.15, 0.2) is 0 Å². The summed E-state index contributed by atoms with van der Waals surface area (Å²) in [4.78, 5) is 4.04. The lowest BCUT2D eigenvalue weighted by Crippen LogP contribution is -1.91. The van der Waals surface area contributed by atoms with Crippen LogP contribution in [0.25, 0.3) is 0 Å². The monoisotopic (exact) mass is 149 g/mol. The first-order chi connectivity index (χ1) is 5.38. The number of hydrogen-bond acceptors (Lipinski definition) is 2. The van der Waals surface area contributed by atoms with Crippen molar-refractivity contribution < 1.29 is 4.74 Å². The van der Waals surface area contributed by atoms with Crippen molar-refractivity contribution in [2.24, 2.45) is 4.99 Å². The number of rotatable bonds is 3. The summed E-state index contributed by atoms with van der Waals surface area (Å²) in [6.07, 6.45) is 7.06. The van der Waals surface area contributed by atoms with Crippen LogP contribution in [0, 0.1) is 0 Å². The zero-order valence-electron chi connectivity index (χ0n) is 6.58. The van der Waals surface area contributed by atoms with E-state index in [9.17, 15) is 0 Å². The van der Waals surface area contributed by atoms with Crippen molar-refractivity contribution in [3.63, 3.8) is 0 Å². The van der Waals surface area contributed by atoms with Crippen LogP contribution >= 0.6 is 0 Å². The molecule has 0 radical (unpaired) electrons. The van der Waals surface area contributed by atoms with E-state index in [-0.39, 0.29) is 0 Å². The van der Waals surface area contributed by atoms with Crippen molar-refractivity contribution >= 4 is 6.21 Å². The predicted octanol–water partition coefficient (Wildman–Crippen LogP) is 2.06. The van der Waals surface area contributed by atoms with Crippen LogP contribution in [0.3, 0.4) is 0 Å². The lowest BCUT2D eigenvalue weighted by atomic mass is 10.2. The third kappa shape index (κ3) is 1.80. The molecule has 1 aliphatic heterocycles. The minimum Gasteiger partial charge on any atom is -0.466 e. The standard InChI is InChI=1S/C9H11NO/c1-3-9(11-4-2)8-5-6-10-7-8/h3-6H,2,7H2,1H3/b9-3-. The zero-order chi connectivity index (χ0) is 8.10. The molecular formula is C9H11NO. The number of allylic oxidation sites excluding steroid dienone is 2. The quantitative estimate of drug-likeness (QED) is 0.563. The molecule has 0 atom stereocenters. The molecule has 0 aromatic rings. The Balaban J connectivity index is 2.64. The van der Waals surface area contributed by atoms with Gasteiger partial charge in [-0.1, -0.05) is 6.58 Å². The topological polar surface area (TPSA) is 21.6 Å². The number of ether oxygens (including phenoxy) is 1. The van der Waals surface area contributed by atoms with Crippen molar-refractivity contribution in [2.75, 3.05) is 6.54 Å². The van der Waals surface area contributed by atoms with Gasteiger partial charge in [-0.2, -0.15) is 0 Å². The van der Waals surface area contributed by atoms with Gasteiger partial charge in [-0.25, -0.2) is 0 Å². The lowest BCUT2D eigenvalue weighted by Gasteiger charge is -2.04. The molecule has 11 heavy (non-hydrogen) atoms. The fourth-order valence-electron chi connectivity index (χ4n) is 0.925. The van der Waals surface area contributed by atoms with Gasteiger partial charge in [-0.15, -0.1) is 0 Å². The van der Waals surface area contributed by atoms with E-state index in [0.717, 1.165) is 11.3 Å². The van der Waals surface area contributed by atoms with E-state index < -0.39 is 0 Å². The third-order valence-electron chi connectivity index (χ3n) is 1.43. The summed E-state index contributed by atoms with van der Waals surface area (Å²) in [5, 5.41) is 0. The van der Waals surface area contributed by atoms with E-state index in [4.69, 9.17) is 4.74 Å². The molecule has 2 heteroatoms. The summed E-state index contributed by atoms with van der Waals surface area (Å²) in [7, 11) is 0. The van der Waals surface area contributed by atoms with Crippen LogP contribution in [0.15, 0.2) is 41.3 Å². The van der Waals surface area contributed by atoms with Gasteiger partial charge in [0, 0.05) is 11.8 Å². The van der Waals surface area contributed by atoms with Crippen molar-refractivity contribution in [1.82, 2.24) is 0 Å². The van der Waals surface area contributed by atoms with Crippen molar-refractivity contribution in [3.05, 3.63) is 36.3 Å². The molecule has 0 aromatic heterocycles. The predicted molar refractivity (Wildman–Crippen MR) is 46.5 cm³/mol. The van der Waals surface area contributed by atoms with E-state index in [1.165, 1.54) is 6.26 Å². The first kappa shape index (κ1) is 7.79. The number of hydrogen-bond donors (Lipinski definition) is 0. The van der Waals surface area contributed by atoms with Gasteiger partial charge < -0.3 is 4.74 Å². The van der Waals surface area contributed by atoms with Gasteiger partial charge in [0.2, 0.25) is 0 Å². The van der Waals surface area contributed by atoms with Crippen LogP contribution in [-0.2, 0) is 4.74 Å². The average Bonchev–Trinajstić information content (AvgIpc) is 2.52. The second kappa shape index (κ2) is 3.76. The molecule has 1 aliphatic rings. The Bertz CT molecular complexity index is 236. The van der Waals surface area contributed by atoms with E-state index in [1.807, 2.05) is 19.1 Å². The molecule has 0 N–H and O–H groups in total. The van der Waals surface area contributed by atoms with Crippen LogP contribution in [-0.4, -0.2) is 12.8 Å². The summed E-state index contributed by atoms with van der Waals surface area (Å²) in [5.41, 5.74) is 1.10. The highest BCUT2D eigenvalue weighted by molar-refractivity contribution is 5.76. The fourth-order valence-corrected chi connectivity index (χ4v) is 0.925. The van der Waals surface area contributed by atoms with Crippen LogP contribution in [0.4, 0.5) is 0 Å². The van der Waals surface area contributed by atoms with Gasteiger partial charge in [0.05, 0.1) is 12.8 Å². The summed E-state index contributed by atoms with van der Waals surface area (Å²) in [6.45, 7) is 6.13. The van der Waals surface area contributed by atoms with Crippen molar-refractivity contribution in [2.45, 2.75) is 6.92 Å². The molecule has 0 saturated carbocycles. The molecular weight excluding hydrogens is 138 g/mol. The molecule has 0 unspecified atom stereocenters. The van der Waals surface area contributed by atoms with E-state index >= 15 is 0 Å². The molecule has 0 saturated heterocycles. The zero-order valence-corrected chi connectivity index (χ0v) is 6.58. The second-order valence-electron chi connectivity index (χ2n) is 2.12. The van der Waals surface area contributed by atoms with Gasteiger partial charge in [0.1, 0.15) is 5.76 Å². The highest BCUT2D eigenvalue weighted by Gasteiger charge is 2.05. The van der Waals surface area contributed by atoms with Crippen LogP contribution in [0.2, 0.25) is 0 Å². The number of nitrogens with zero attached hydrogens (tertiary/aromatic N) is 1. The van der Waals surface area contributed by atoms with Gasteiger partial charge in [0.25, 0.3) is 0 Å². The van der Waals surface area contributed by atoms with Gasteiger partial charge in [-0.3, -0.25) is 4.99 Å². The summed E-state index contributed by atoms with van der Waals surface area (Å²) < 4.78 is 5.15. The smallest absolute Gasteiger partial charge is 0.127 e. The Kier molecular flexibility index (Phi) is 2.66. The molecule has 0 aliphatic carbocycles. The summed E-state index contributed by atoms with van der Waals surface area (Å²) >= 11 is 0. The third-order valence-corrected chi connectivity index (χ3v) is 1.43. The molecule has 0 fully saturated rings. The molecule has 1 heterocycles. The first-order valence-electron chi connectivity index (χ1n) is 3.51. The largest absolute Gasteiger partial charge is 0.466 e. The van der Waals surface area contributed by atoms with Crippen LogP contribution < -0.4 is 0 Å². The Morgan fingerprint density at radius 1 is 1.82 bits per heavy atom. The minimum absolute atomic E-state index is 0.716. The molecule has 1 rings (SSSR count). The maximum atomic E-state index is 5.15. The molecule has 0 spiro atoms. The Morgan fingerprint density at radius 3 is 3.09 bits per heavy atom. The van der Waals surface area contributed by atoms with Crippen molar-refractivity contribution in [3.8, 4) is 0 Å². The molecule has 0 amide bonds. The van der Waals surface area contributed by atoms with Crippen LogP contribution in [0.5, 0.6) is 0 Å². The molecule has 0 aromatic carbocycles. The van der Waals surface area contributed by atoms with Gasteiger partial charge in [-0.05, 0) is 19.1 Å². The average molecular weight is 149 g/mol.